The van der Waals surface area contributed by atoms with Crippen molar-refractivity contribution in [3.63, 3.8) is 0 Å². The standard InChI is InChI=1S/C15H22N2O/c16-11-15(7-3-9-18-12-15)17-8-6-13-4-1-2-5-14(13)10-17/h1-2,4-5H,3,6-12,16H2. The Bertz CT molecular complexity index is 413. The molecule has 2 aliphatic heterocycles. The summed E-state index contributed by atoms with van der Waals surface area (Å²) in [7, 11) is 0. The van der Waals surface area contributed by atoms with E-state index in [0.29, 0.717) is 6.54 Å². The molecule has 3 heteroatoms. The van der Waals surface area contributed by atoms with Crippen LogP contribution in [0.1, 0.15) is 24.0 Å². The molecule has 1 unspecified atom stereocenters. The van der Waals surface area contributed by atoms with Crippen molar-refractivity contribution in [3.8, 4) is 0 Å². The molecule has 0 amide bonds. The highest BCUT2D eigenvalue weighted by Gasteiger charge is 2.38. The van der Waals surface area contributed by atoms with Gasteiger partial charge in [-0.3, -0.25) is 4.90 Å². The number of ether oxygens (including phenoxy) is 1. The highest BCUT2D eigenvalue weighted by Crippen LogP contribution is 2.30. The number of hydrogen-bond acceptors (Lipinski definition) is 3. The number of fused-ring (bicyclic) bond motifs is 1. The first kappa shape index (κ1) is 12.2. The second-order valence-corrected chi connectivity index (χ2v) is 5.52. The Morgan fingerprint density at radius 1 is 1.28 bits per heavy atom. The SMILES string of the molecule is NCC1(N2CCc3ccccc3C2)CCCOC1. The van der Waals surface area contributed by atoms with Gasteiger partial charge in [0.15, 0.2) is 0 Å². The molecule has 2 aliphatic rings. The molecule has 1 saturated heterocycles. The van der Waals surface area contributed by atoms with Gasteiger partial charge >= 0.3 is 0 Å². The number of nitrogens with zero attached hydrogens (tertiary/aromatic N) is 1. The van der Waals surface area contributed by atoms with Crippen LogP contribution in [0.25, 0.3) is 0 Å². The topological polar surface area (TPSA) is 38.5 Å². The molecule has 0 aromatic heterocycles. The molecule has 0 bridgehead atoms. The van der Waals surface area contributed by atoms with Gasteiger partial charge in [-0.05, 0) is 30.4 Å². The van der Waals surface area contributed by atoms with Crippen LogP contribution >= 0.6 is 0 Å². The van der Waals surface area contributed by atoms with Gasteiger partial charge < -0.3 is 10.5 Å². The number of nitrogens with two attached hydrogens (primary N) is 1. The zero-order chi connectivity index (χ0) is 12.4. The Hall–Kier alpha value is -0.900. The van der Waals surface area contributed by atoms with Crippen LogP contribution in [0.2, 0.25) is 0 Å². The Morgan fingerprint density at radius 2 is 2.11 bits per heavy atom. The molecular weight excluding hydrogens is 224 g/mol. The second kappa shape index (κ2) is 5.00. The van der Waals surface area contributed by atoms with E-state index in [0.717, 1.165) is 39.1 Å². The van der Waals surface area contributed by atoms with E-state index in [-0.39, 0.29) is 5.54 Å². The van der Waals surface area contributed by atoms with Gasteiger partial charge in [-0.1, -0.05) is 24.3 Å². The van der Waals surface area contributed by atoms with Gasteiger partial charge in [0.1, 0.15) is 0 Å². The molecular formula is C15H22N2O. The van der Waals surface area contributed by atoms with E-state index in [2.05, 4.69) is 29.2 Å². The van der Waals surface area contributed by atoms with Gasteiger partial charge in [0, 0.05) is 26.2 Å². The smallest absolute Gasteiger partial charge is 0.0662 e. The van der Waals surface area contributed by atoms with Gasteiger partial charge in [-0.15, -0.1) is 0 Å². The highest BCUT2D eigenvalue weighted by atomic mass is 16.5. The highest BCUT2D eigenvalue weighted by molar-refractivity contribution is 5.29. The maximum Gasteiger partial charge on any atom is 0.0662 e. The molecule has 1 aromatic rings. The fourth-order valence-electron chi connectivity index (χ4n) is 3.28. The summed E-state index contributed by atoms with van der Waals surface area (Å²) in [5, 5.41) is 0. The monoisotopic (exact) mass is 246 g/mol. The van der Waals surface area contributed by atoms with E-state index in [9.17, 15) is 0 Å². The summed E-state index contributed by atoms with van der Waals surface area (Å²) in [5.41, 5.74) is 9.10. The van der Waals surface area contributed by atoms with Crippen LogP contribution in [-0.2, 0) is 17.7 Å². The van der Waals surface area contributed by atoms with Crippen LogP contribution in [0.4, 0.5) is 0 Å². The predicted molar refractivity (Wildman–Crippen MR) is 72.4 cm³/mol. The Labute approximate surface area is 109 Å². The van der Waals surface area contributed by atoms with Crippen LogP contribution < -0.4 is 5.73 Å². The van der Waals surface area contributed by atoms with Crippen molar-refractivity contribution in [2.75, 3.05) is 26.3 Å². The molecule has 2 heterocycles. The third kappa shape index (κ3) is 2.07. The minimum atomic E-state index is 0.0752. The molecule has 18 heavy (non-hydrogen) atoms. The molecule has 2 N–H and O–H groups in total. The van der Waals surface area contributed by atoms with Crippen molar-refractivity contribution < 1.29 is 4.74 Å². The van der Waals surface area contributed by atoms with Crippen LogP contribution in [0.5, 0.6) is 0 Å². The van der Waals surface area contributed by atoms with Gasteiger partial charge in [0.2, 0.25) is 0 Å². The Kier molecular flexibility index (Phi) is 3.37. The quantitative estimate of drug-likeness (QED) is 0.860. The summed E-state index contributed by atoms with van der Waals surface area (Å²) in [4.78, 5) is 2.55. The summed E-state index contributed by atoms with van der Waals surface area (Å²) >= 11 is 0. The first-order valence-electron chi connectivity index (χ1n) is 6.94. The molecule has 98 valence electrons. The van der Waals surface area contributed by atoms with Gasteiger partial charge in [-0.25, -0.2) is 0 Å². The minimum absolute atomic E-state index is 0.0752. The van der Waals surface area contributed by atoms with Crippen LogP contribution in [0.15, 0.2) is 24.3 Å². The lowest BCUT2D eigenvalue weighted by Crippen LogP contribution is -2.59. The van der Waals surface area contributed by atoms with Crippen molar-refractivity contribution in [3.05, 3.63) is 35.4 Å². The van der Waals surface area contributed by atoms with Crippen molar-refractivity contribution in [2.24, 2.45) is 5.73 Å². The fourth-order valence-corrected chi connectivity index (χ4v) is 3.28. The fraction of sp³-hybridized carbons (Fsp3) is 0.600. The normalized spacial score (nSPS) is 28.9. The van der Waals surface area contributed by atoms with E-state index >= 15 is 0 Å². The summed E-state index contributed by atoms with van der Waals surface area (Å²) in [6, 6.07) is 8.76. The summed E-state index contributed by atoms with van der Waals surface area (Å²) in [6.45, 7) is 4.53. The van der Waals surface area contributed by atoms with Gasteiger partial charge in [-0.2, -0.15) is 0 Å². The lowest BCUT2D eigenvalue weighted by molar-refractivity contribution is -0.0509. The predicted octanol–water partition coefficient (Wildman–Crippen LogP) is 1.55. The minimum Gasteiger partial charge on any atom is -0.379 e. The Morgan fingerprint density at radius 3 is 2.83 bits per heavy atom. The first-order valence-corrected chi connectivity index (χ1v) is 6.94. The van der Waals surface area contributed by atoms with E-state index in [1.165, 1.54) is 17.5 Å². The zero-order valence-corrected chi connectivity index (χ0v) is 10.9. The molecule has 0 aliphatic carbocycles. The van der Waals surface area contributed by atoms with E-state index in [1.54, 1.807) is 0 Å². The third-order valence-electron chi connectivity index (χ3n) is 4.48. The molecule has 1 fully saturated rings. The van der Waals surface area contributed by atoms with Crippen LogP contribution in [0, 0.1) is 0 Å². The van der Waals surface area contributed by atoms with E-state index in [4.69, 9.17) is 10.5 Å². The number of benzene rings is 1. The van der Waals surface area contributed by atoms with E-state index < -0.39 is 0 Å². The van der Waals surface area contributed by atoms with Crippen LogP contribution in [0.3, 0.4) is 0 Å². The van der Waals surface area contributed by atoms with Crippen molar-refractivity contribution in [1.29, 1.82) is 0 Å². The lowest BCUT2D eigenvalue weighted by atomic mass is 9.87. The molecule has 1 atom stereocenters. The van der Waals surface area contributed by atoms with E-state index in [1.807, 2.05) is 0 Å². The second-order valence-electron chi connectivity index (χ2n) is 5.52. The average molecular weight is 246 g/mol. The Balaban J connectivity index is 1.81. The summed E-state index contributed by atoms with van der Waals surface area (Å²) in [5.74, 6) is 0. The zero-order valence-electron chi connectivity index (χ0n) is 10.9. The first-order chi connectivity index (χ1) is 8.84. The molecule has 0 spiro atoms. The van der Waals surface area contributed by atoms with Gasteiger partial charge in [0.25, 0.3) is 0 Å². The number of hydrogen-bond donors (Lipinski definition) is 1. The largest absolute Gasteiger partial charge is 0.379 e. The molecule has 3 nitrogen and oxygen atoms in total. The molecule has 0 saturated carbocycles. The average Bonchev–Trinajstić information content (AvgIpc) is 2.47. The van der Waals surface area contributed by atoms with Crippen molar-refractivity contribution in [1.82, 2.24) is 4.90 Å². The summed E-state index contributed by atoms with van der Waals surface area (Å²) < 4.78 is 5.70. The number of rotatable bonds is 2. The van der Waals surface area contributed by atoms with Crippen LogP contribution in [-0.4, -0.2) is 36.7 Å². The maximum atomic E-state index is 6.07. The summed E-state index contributed by atoms with van der Waals surface area (Å²) in [6.07, 6.45) is 3.44. The molecule has 0 radical (unpaired) electrons. The lowest BCUT2D eigenvalue weighted by Gasteiger charge is -2.47. The maximum absolute atomic E-state index is 6.07. The molecule has 1 aromatic carbocycles. The van der Waals surface area contributed by atoms with Crippen molar-refractivity contribution in [2.45, 2.75) is 31.3 Å². The third-order valence-corrected chi connectivity index (χ3v) is 4.48. The van der Waals surface area contributed by atoms with Gasteiger partial charge in [0.05, 0.1) is 12.1 Å². The van der Waals surface area contributed by atoms with Crippen molar-refractivity contribution >= 4 is 0 Å². The molecule has 3 rings (SSSR count).